The van der Waals surface area contributed by atoms with Crippen LogP contribution in [0.2, 0.25) is 0 Å². The maximum Gasteiger partial charge on any atom is 0.303 e. The van der Waals surface area contributed by atoms with E-state index >= 15 is 0 Å². The molecule has 1 saturated heterocycles. The van der Waals surface area contributed by atoms with Crippen molar-refractivity contribution in [3.05, 3.63) is 0 Å². The van der Waals surface area contributed by atoms with E-state index < -0.39 is 5.97 Å². The van der Waals surface area contributed by atoms with Gasteiger partial charge in [-0.1, -0.05) is 13.8 Å². The smallest absolute Gasteiger partial charge is 0.303 e. The van der Waals surface area contributed by atoms with E-state index in [0.29, 0.717) is 6.04 Å². The number of rotatable bonds is 4. The molecule has 1 aliphatic heterocycles. The van der Waals surface area contributed by atoms with Gasteiger partial charge in [-0.05, 0) is 38.3 Å². The van der Waals surface area contributed by atoms with Gasteiger partial charge in [0.1, 0.15) is 0 Å². The van der Waals surface area contributed by atoms with Gasteiger partial charge >= 0.3 is 5.97 Å². The second kappa shape index (κ2) is 4.30. The summed E-state index contributed by atoms with van der Waals surface area (Å²) < 4.78 is 0. The molecule has 0 aromatic carbocycles. The maximum absolute atomic E-state index is 10.7. The minimum absolute atomic E-state index is 0.0743. The normalized spacial score (nSPS) is 24.1. The second-order valence-electron chi connectivity index (χ2n) is 5.22. The van der Waals surface area contributed by atoms with E-state index in [0.717, 1.165) is 13.0 Å². The van der Waals surface area contributed by atoms with Gasteiger partial charge in [0.2, 0.25) is 0 Å². The highest BCUT2D eigenvalue weighted by Crippen LogP contribution is 2.32. The van der Waals surface area contributed by atoms with Gasteiger partial charge < -0.3 is 10.0 Å². The number of hydrogen-bond donors (Lipinski definition) is 1. The summed E-state index contributed by atoms with van der Waals surface area (Å²) in [6.45, 7) is 5.26. The van der Waals surface area contributed by atoms with E-state index in [4.69, 9.17) is 5.11 Å². The number of carboxylic acid groups (broad SMARTS) is 1. The van der Waals surface area contributed by atoms with E-state index in [1.807, 2.05) is 13.8 Å². The van der Waals surface area contributed by atoms with Crippen LogP contribution in [0.25, 0.3) is 0 Å². The van der Waals surface area contributed by atoms with E-state index in [2.05, 4.69) is 11.9 Å². The van der Waals surface area contributed by atoms with E-state index in [1.165, 1.54) is 12.8 Å². The molecule has 0 bridgehead atoms. The molecule has 0 radical (unpaired) electrons. The van der Waals surface area contributed by atoms with Gasteiger partial charge in [0, 0.05) is 6.04 Å². The molecule has 0 aromatic rings. The highest BCUT2D eigenvalue weighted by molar-refractivity contribution is 5.67. The summed E-state index contributed by atoms with van der Waals surface area (Å²) in [6, 6.07) is 0.587. The number of likely N-dealkylation sites (tertiary alicyclic amines) is 1. The summed E-state index contributed by atoms with van der Waals surface area (Å²) in [5.41, 5.74) is -0.0743. The van der Waals surface area contributed by atoms with Crippen LogP contribution in [0.5, 0.6) is 0 Å². The van der Waals surface area contributed by atoms with Crippen LogP contribution >= 0.6 is 0 Å². The Hall–Kier alpha value is -0.570. The van der Waals surface area contributed by atoms with Gasteiger partial charge in [-0.15, -0.1) is 0 Å². The second-order valence-corrected chi connectivity index (χ2v) is 5.22. The first-order valence-corrected chi connectivity index (χ1v) is 5.33. The fraction of sp³-hybridized carbons (Fsp3) is 0.909. The van der Waals surface area contributed by atoms with E-state index in [9.17, 15) is 4.79 Å². The Morgan fingerprint density at radius 2 is 2.21 bits per heavy atom. The topological polar surface area (TPSA) is 40.5 Å². The van der Waals surface area contributed by atoms with Crippen molar-refractivity contribution in [2.24, 2.45) is 5.41 Å². The number of carboxylic acids is 1. The third-order valence-electron chi connectivity index (χ3n) is 3.09. The summed E-state index contributed by atoms with van der Waals surface area (Å²) >= 11 is 0. The number of aliphatic carboxylic acids is 1. The molecule has 3 heteroatoms. The Balaban J connectivity index is 2.45. The molecule has 1 rings (SSSR count). The quantitative estimate of drug-likeness (QED) is 0.752. The molecule has 82 valence electrons. The van der Waals surface area contributed by atoms with Crippen LogP contribution in [0.15, 0.2) is 0 Å². The molecule has 1 fully saturated rings. The Labute approximate surface area is 86.1 Å². The highest BCUT2D eigenvalue weighted by atomic mass is 16.4. The van der Waals surface area contributed by atoms with Crippen molar-refractivity contribution in [1.82, 2.24) is 4.90 Å². The molecular weight excluding hydrogens is 178 g/mol. The Morgan fingerprint density at radius 3 is 2.64 bits per heavy atom. The molecule has 0 aromatic heterocycles. The average molecular weight is 199 g/mol. The van der Waals surface area contributed by atoms with Crippen LogP contribution in [-0.4, -0.2) is 35.6 Å². The molecule has 1 N–H and O–H groups in total. The molecule has 1 heterocycles. The van der Waals surface area contributed by atoms with Crippen molar-refractivity contribution >= 4 is 5.97 Å². The van der Waals surface area contributed by atoms with Gasteiger partial charge in [0.15, 0.2) is 0 Å². The summed E-state index contributed by atoms with van der Waals surface area (Å²) in [4.78, 5) is 13.0. The highest BCUT2D eigenvalue weighted by Gasteiger charge is 2.30. The molecule has 1 unspecified atom stereocenters. The van der Waals surface area contributed by atoms with Crippen molar-refractivity contribution < 1.29 is 9.90 Å². The van der Waals surface area contributed by atoms with Crippen LogP contribution in [0.3, 0.4) is 0 Å². The van der Waals surface area contributed by atoms with Crippen molar-refractivity contribution in [2.45, 2.75) is 45.6 Å². The number of carbonyl (C=O) groups is 1. The lowest BCUT2D eigenvalue weighted by Crippen LogP contribution is -2.31. The summed E-state index contributed by atoms with van der Waals surface area (Å²) in [5.74, 6) is -0.685. The molecule has 0 aliphatic carbocycles. The SMILES string of the molecule is CN1CCCC1CC(C)(C)CC(=O)O. The average Bonchev–Trinajstić information content (AvgIpc) is 2.32. The van der Waals surface area contributed by atoms with E-state index in [1.54, 1.807) is 0 Å². The van der Waals surface area contributed by atoms with Gasteiger partial charge in [-0.2, -0.15) is 0 Å². The Bertz CT molecular complexity index is 213. The van der Waals surface area contributed by atoms with Crippen molar-refractivity contribution in [1.29, 1.82) is 0 Å². The van der Waals surface area contributed by atoms with Gasteiger partial charge in [-0.3, -0.25) is 4.79 Å². The number of hydrogen-bond acceptors (Lipinski definition) is 2. The first kappa shape index (κ1) is 11.5. The van der Waals surface area contributed by atoms with Crippen molar-refractivity contribution in [2.75, 3.05) is 13.6 Å². The summed E-state index contributed by atoms with van der Waals surface area (Å²) in [5, 5.41) is 8.78. The van der Waals surface area contributed by atoms with E-state index in [-0.39, 0.29) is 11.8 Å². The fourth-order valence-electron chi connectivity index (χ4n) is 2.36. The van der Waals surface area contributed by atoms with Gasteiger partial charge in [0.25, 0.3) is 0 Å². The molecule has 1 aliphatic rings. The molecule has 3 nitrogen and oxygen atoms in total. The predicted octanol–water partition coefficient (Wildman–Crippen LogP) is 1.97. The molecule has 0 amide bonds. The summed E-state index contributed by atoms with van der Waals surface area (Å²) in [6.07, 6.45) is 3.75. The third kappa shape index (κ3) is 3.29. The lowest BCUT2D eigenvalue weighted by atomic mass is 9.82. The summed E-state index contributed by atoms with van der Waals surface area (Å²) in [7, 11) is 2.13. The minimum atomic E-state index is -0.685. The Morgan fingerprint density at radius 1 is 1.57 bits per heavy atom. The molecule has 14 heavy (non-hydrogen) atoms. The first-order chi connectivity index (χ1) is 6.41. The minimum Gasteiger partial charge on any atom is -0.481 e. The monoisotopic (exact) mass is 199 g/mol. The van der Waals surface area contributed by atoms with Crippen LogP contribution < -0.4 is 0 Å². The molecular formula is C11H21NO2. The lowest BCUT2D eigenvalue weighted by Gasteiger charge is -2.29. The van der Waals surface area contributed by atoms with Crippen LogP contribution in [0, 0.1) is 5.41 Å². The zero-order valence-electron chi connectivity index (χ0n) is 9.42. The zero-order chi connectivity index (χ0) is 10.8. The molecule has 0 saturated carbocycles. The zero-order valence-corrected chi connectivity index (χ0v) is 9.42. The molecule has 1 atom stereocenters. The van der Waals surface area contributed by atoms with Crippen molar-refractivity contribution in [3.63, 3.8) is 0 Å². The van der Waals surface area contributed by atoms with Crippen LogP contribution in [0.1, 0.15) is 39.5 Å². The Kier molecular flexibility index (Phi) is 3.53. The standard InChI is InChI=1S/C11H21NO2/c1-11(2,8-10(13)14)7-9-5-4-6-12(9)3/h9H,4-8H2,1-3H3,(H,13,14). The van der Waals surface area contributed by atoms with Gasteiger partial charge in [-0.25, -0.2) is 0 Å². The van der Waals surface area contributed by atoms with Crippen molar-refractivity contribution in [3.8, 4) is 0 Å². The van der Waals surface area contributed by atoms with Crippen LogP contribution in [-0.2, 0) is 4.79 Å². The predicted molar refractivity (Wildman–Crippen MR) is 56.3 cm³/mol. The number of nitrogens with zero attached hydrogens (tertiary/aromatic N) is 1. The largest absolute Gasteiger partial charge is 0.481 e. The maximum atomic E-state index is 10.7. The third-order valence-corrected chi connectivity index (χ3v) is 3.09. The fourth-order valence-corrected chi connectivity index (χ4v) is 2.36. The first-order valence-electron chi connectivity index (χ1n) is 5.33. The van der Waals surface area contributed by atoms with Crippen LogP contribution in [0.4, 0.5) is 0 Å². The molecule has 0 spiro atoms. The lowest BCUT2D eigenvalue weighted by molar-refractivity contribution is -0.139. The van der Waals surface area contributed by atoms with Gasteiger partial charge in [0.05, 0.1) is 6.42 Å².